The minimum atomic E-state index is -0.869. The second kappa shape index (κ2) is 3.57. The van der Waals surface area contributed by atoms with Crippen LogP contribution in [0.1, 0.15) is 11.9 Å². The zero-order valence-corrected chi connectivity index (χ0v) is 10.3. The number of thiophene rings is 1. The minimum absolute atomic E-state index is 0.754. The van der Waals surface area contributed by atoms with Gasteiger partial charge < -0.3 is 9.84 Å². The molecule has 1 aromatic heterocycles. The molecule has 0 fully saturated rings. The van der Waals surface area contributed by atoms with Crippen LogP contribution in [-0.2, 0) is 0 Å². The number of aliphatic hydroxyl groups is 1. The molecular formula is C15H10O2S. The highest BCUT2D eigenvalue weighted by Crippen LogP contribution is 2.48. The molecule has 0 radical (unpaired) electrons. The van der Waals surface area contributed by atoms with Crippen LogP contribution in [0.3, 0.4) is 0 Å². The Balaban J connectivity index is 2.12. The first-order valence-corrected chi connectivity index (χ1v) is 6.62. The van der Waals surface area contributed by atoms with Crippen LogP contribution in [0.25, 0.3) is 20.5 Å². The van der Waals surface area contributed by atoms with E-state index in [4.69, 9.17) is 4.74 Å². The van der Waals surface area contributed by atoms with Crippen molar-refractivity contribution in [3.63, 3.8) is 0 Å². The molecule has 4 rings (SSSR count). The van der Waals surface area contributed by atoms with E-state index in [0.717, 1.165) is 27.1 Å². The summed E-state index contributed by atoms with van der Waals surface area (Å²) in [5, 5.41) is 11.3. The molecule has 0 saturated heterocycles. The Kier molecular flexibility index (Phi) is 2.01. The number of fused-ring (bicyclic) bond motifs is 5. The first kappa shape index (κ1) is 10.1. The second-order valence-electron chi connectivity index (χ2n) is 4.31. The number of rotatable bonds is 0. The summed E-state index contributed by atoms with van der Waals surface area (Å²) in [7, 11) is 0. The lowest BCUT2D eigenvalue weighted by atomic mass is 10.0. The first-order chi connectivity index (χ1) is 8.84. The number of ether oxygens (including phenoxy) is 1. The molecule has 0 amide bonds. The van der Waals surface area contributed by atoms with E-state index in [2.05, 4.69) is 6.07 Å². The van der Waals surface area contributed by atoms with Crippen LogP contribution < -0.4 is 4.74 Å². The van der Waals surface area contributed by atoms with Crippen LogP contribution in [0.15, 0.2) is 48.5 Å². The van der Waals surface area contributed by atoms with Crippen molar-refractivity contribution >= 4 is 21.4 Å². The van der Waals surface area contributed by atoms with Crippen molar-refractivity contribution in [1.29, 1.82) is 0 Å². The maximum Gasteiger partial charge on any atom is 0.226 e. The highest BCUT2D eigenvalue weighted by molar-refractivity contribution is 7.22. The molecule has 2 nitrogen and oxygen atoms in total. The van der Waals surface area contributed by atoms with E-state index in [0.29, 0.717) is 0 Å². The third kappa shape index (κ3) is 1.26. The van der Waals surface area contributed by atoms with Crippen molar-refractivity contribution in [2.24, 2.45) is 0 Å². The summed E-state index contributed by atoms with van der Waals surface area (Å²) in [4.78, 5) is 1.12. The van der Waals surface area contributed by atoms with Gasteiger partial charge in [-0.25, -0.2) is 0 Å². The molecule has 3 heteroatoms. The summed E-state index contributed by atoms with van der Waals surface area (Å²) in [5.74, 6) is 0.754. The average Bonchev–Trinajstić information content (AvgIpc) is 2.79. The Bertz CT molecular complexity index is 745. The minimum Gasteiger partial charge on any atom is -0.460 e. The van der Waals surface area contributed by atoms with Gasteiger partial charge in [-0.1, -0.05) is 30.3 Å². The maximum absolute atomic E-state index is 10.2. The van der Waals surface area contributed by atoms with Crippen LogP contribution in [-0.4, -0.2) is 5.11 Å². The van der Waals surface area contributed by atoms with E-state index in [-0.39, 0.29) is 0 Å². The van der Waals surface area contributed by atoms with Crippen LogP contribution >= 0.6 is 11.3 Å². The summed E-state index contributed by atoms with van der Waals surface area (Å²) >= 11 is 1.71. The maximum atomic E-state index is 10.2. The molecular weight excluding hydrogens is 244 g/mol. The van der Waals surface area contributed by atoms with Gasteiger partial charge in [-0.05, 0) is 18.2 Å². The third-order valence-electron chi connectivity index (χ3n) is 3.25. The van der Waals surface area contributed by atoms with Crippen LogP contribution in [0.2, 0.25) is 0 Å². The molecule has 3 aromatic rings. The van der Waals surface area contributed by atoms with E-state index in [1.807, 2.05) is 42.5 Å². The molecule has 0 aliphatic carbocycles. The normalized spacial score (nSPS) is 17.1. The van der Waals surface area contributed by atoms with E-state index in [9.17, 15) is 5.11 Å². The standard InChI is InChI=1S/C15H10O2S/c16-15-13-10-6-2-4-8-12(10)18-14(13)9-5-1-3-7-11(9)17-15/h1-8,15-16H. The molecule has 0 spiro atoms. The lowest BCUT2D eigenvalue weighted by molar-refractivity contribution is -0.0197. The van der Waals surface area contributed by atoms with Crippen molar-refractivity contribution in [3.8, 4) is 16.2 Å². The Hall–Kier alpha value is -1.84. The lowest BCUT2D eigenvalue weighted by Crippen LogP contribution is -2.11. The van der Waals surface area contributed by atoms with E-state index >= 15 is 0 Å². The fourth-order valence-electron chi connectivity index (χ4n) is 2.45. The van der Waals surface area contributed by atoms with Gasteiger partial charge in [0.15, 0.2) is 0 Å². The molecule has 1 atom stereocenters. The third-order valence-corrected chi connectivity index (χ3v) is 4.47. The van der Waals surface area contributed by atoms with Gasteiger partial charge in [0.2, 0.25) is 6.29 Å². The van der Waals surface area contributed by atoms with Gasteiger partial charge >= 0.3 is 0 Å². The molecule has 1 aliphatic rings. The molecule has 2 heterocycles. The van der Waals surface area contributed by atoms with Gasteiger partial charge in [-0.15, -0.1) is 11.3 Å². The molecule has 2 aromatic carbocycles. The predicted molar refractivity (Wildman–Crippen MR) is 72.8 cm³/mol. The van der Waals surface area contributed by atoms with Crippen LogP contribution in [0, 0.1) is 0 Å². The summed E-state index contributed by atoms with van der Waals surface area (Å²) < 4.78 is 6.77. The zero-order chi connectivity index (χ0) is 12.1. The van der Waals surface area contributed by atoms with Gasteiger partial charge in [0.1, 0.15) is 5.75 Å². The van der Waals surface area contributed by atoms with Crippen molar-refractivity contribution in [2.75, 3.05) is 0 Å². The van der Waals surface area contributed by atoms with Gasteiger partial charge in [-0.2, -0.15) is 0 Å². The van der Waals surface area contributed by atoms with E-state index < -0.39 is 6.29 Å². The quantitative estimate of drug-likeness (QED) is 0.658. The predicted octanol–water partition coefficient (Wildman–Crippen LogP) is 3.95. The lowest BCUT2D eigenvalue weighted by Gasteiger charge is -2.22. The average molecular weight is 254 g/mol. The summed E-state index contributed by atoms with van der Waals surface area (Å²) in [6.07, 6.45) is -0.869. The van der Waals surface area contributed by atoms with Crippen molar-refractivity contribution in [2.45, 2.75) is 6.29 Å². The highest BCUT2D eigenvalue weighted by Gasteiger charge is 2.28. The van der Waals surface area contributed by atoms with E-state index in [1.165, 1.54) is 4.70 Å². The molecule has 1 N–H and O–H groups in total. The number of hydrogen-bond donors (Lipinski definition) is 1. The largest absolute Gasteiger partial charge is 0.460 e. The molecule has 1 unspecified atom stereocenters. The van der Waals surface area contributed by atoms with Crippen molar-refractivity contribution in [3.05, 3.63) is 54.1 Å². The molecule has 18 heavy (non-hydrogen) atoms. The van der Waals surface area contributed by atoms with Crippen LogP contribution in [0.5, 0.6) is 5.75 Å². The van der Waals surface area contributed by atoms with Crippen LogP contribution in [0.4, 0.5) is 0 Å². The van der Waals surface area contributed by atoms with E-state index in [1.54, 1.807) is 11.3 Å². The monoisotopic (exact) mass is 254 g/mol. The summed E-state index contributed by atoms with van der Waals surface area (Å²) in [6, 6.07) is 16.0. The molecule has 1 aliphatic heterocycles. The Morgan fingerprint density at radius 3 is 2.72 bits per heavy atom. The molecule has 88 valence electrons. The number of benzene rings is 2. The molecule has 0 saturated carbocycles. The van der Waals surface area contributed by atoms with Crippen molar-refractivity contribution < 1.29 is 9.84 Å². The zero-order valence-electron chi connectivity index (χ0n) is 9.46. The number of para-hydroxylation sites is 1. The van der Waals surface area contributed by atoms with Gasteiger partial charge in [0.25, 0.3) is 0 Å². The topological polar surface area (TPSA) is 29.5 Å². The smallest absolute Gasteiger partial charge is 0.226 e. The van der Waals surface area contributed by atoms with Gasteiger partial charge in [-0.3, -0.25) is 0 Å². The Labute approximate surface area is 108 Å². The number of aliphatic hydroxyl groups excluding tert-OH is 1. The fourth-order valence-corrected chi connectivity index (χ4v) is 3.70. The van der Waals surface area contributed by atoms with Gasteiger partial charge in [0, 0.05) is 26.1 Å². The summed E-state index contributed by atoms with van der Waals surface area (Å²) in [5.41, 5.74) is 1.97. The Morgan fingerprint density at radius 2 is 1.78 bits per heavy atom. The van der Waals surface area contributed by atoms with Gasteiger partial charge in [0.05, 0.1) is 0 Å². The number of hydrogen-bond acceptors (Lipinski definition) is 3. The molecule has 0 bridgehead atoms. The first-order valence-electron chi connectivity index (χ1n) is 5.80. The SMILES string of the molecule is OC1Oc2ccccc2-c2sc3ccccc3c21. The Morgan fingerprint density at radius 1 is 1.00 bits per heavy atom. The summed E-state index contributed by atoms with van der Waals surface area (Å²) in [6.45, 7) is 0. The fraction of sp³-hybridized carbons (Fsp3) is 0.0667. The second-order valence-corrected chi connectivity index (χ2v) is 5.36. The van der Waals surface area contributed by atoms with Crippen molar-refractivity contribution in [1.82, 2.24) is 0 Å². The highest BCUT2D eigenvalue weighted by atomic mass is 32.1.